The predicted molar refractivity (Wildman–Crippen MR) is 400 cm³/mol. The van der Waals surface area contributed by atoms with Crippen LogP contribution in [0.5, 0.6) is 0 Å². The number of unbranched alkanes of at least 4 members (excludes halogenated alkanes) is 44. The van der Waals surface area contributed by atoms with Gasteiger partial charge < -0.3 is 33.8 Å². The monoisotopic (exact) mass is 1440 g/mol. The summed E-state index contributed by atoms with van der Waals surface area (Å²) >= 11 is 0. The minimum absolute atomic E-state index is 0.105. The molecule has 6 atom stereocenters. The zero-order valence-corrected chi connectivity index (χ0v) is 66.0. The first kappa shape index (κ1) is 96.1. The third-order valence-electron chi connectivity index (χ3n) is 18.7. The number of phosphoric acid groups is 2. The normalized spacial score (nSPS) is 14.3. The maximum atomic E-state index is 13.1. The summed E-state index contributed by atoms with van der Waals surface area (Å²) in [5.74, 6) is 0.287. The minimum Gasteiger partial charge on any atom is -0.462 e. The molecule has 0 aromatic carbocycles. The van der Waals surface area contributed by atoms with Crippen molar-refractivity contribution in [1.82, 2.24) is 0 Å². The van der Waals surface area contributed by atoms with E-state index in [1.165, 1.54) is 205 Å². The van der Waals surface area contributed by atoms with E-state index in [4.69, 9.17) is 37.0 Å². The van der Waals surface area contributed by atoms with E-state index in [9.17, 15) is 43.2 Å². The highest BCUT2D eigenvalue weighted by molar-refractivity contribution is 7.47. The molecule has 19 heteroatoms. The lowest BCUT2D eigenvalue weighted by molar-refractivity contribution is -0.161. The summed E-state index contributed by atoms with van der Waals surface area (Å²) in [6, 6.07) is 0. The number of carbonyl (C=O) groups is 4. The zero-order valence-electron chi connectivity index (χ0n) is 64.3. The lowest BCUT2D eigenvalue weighted by Gasteiger charge is -2.21. The molecule has 0 heterocycles. The van der Waals surface area contributed by atoms with Gasteiger partial charge in [0.05, 0.1) is 26.4 Å². The number of rotatable bonds is 77. The van der Waals surface area contributed by atoms with E-state index in [2.05, 4.69) is 48.5 Å². The third-order valence-corrected chi connectivity index (χ3v) is 20.6. The van der Waals surface area contributed by atoms with Gasteiger partial charge in [0.2, 0.25) is 0 Å². The van der Waals surface area contributed by atoms with Crippen molar-refractivity contribution < 1.29 is 80.2 Å². The molecule has 0 spiro atoms. The maximum Gasteiger partial charge on any atom is 0.472 e. The van der Waals surface area contributed by atoms with Crippen LogP contribution in [0.1, 0.15) is 408 Å². The van der Waals surface area contributed by atoms with E-state index < -0.39 is 97.5 Å². The summed E-state index contributed by atoms with van der Waals surface area (Å²) in [7, 11) is -9.91. The van der Waals surface area contributed by atoms with Crippen molar-refractivity contribution in [1.29, 1.82) is 0 Å². The Kier molecular flexibility index (Phi) is 68.1. The number of ether oxygens (including phenoxy) is 4. The van der Waals surface area contributed by atoms with Crippen LogP contribution in [-0.4, -0.2) is 96.7 Å². The molecular formula is C79H154O17P2. The molecule has 0 aromatic rings. The molecule has 0 saturated heterocycles. The second-order valence-corrected chi connectivity index (χ2v) is 32.6. The topological polar surface area (TPSA) is 237 Å². The lowest BCUT2D eigenvalue weighted by atomic mass is 9.99. The average molecular weight is 1440 g/mol. The molecule has 0 aliphatic rings. The molecule has 0 fully saturated rings. The van der Waals surface area contributed by atoms with Crippen molar-refractivity contribution >= 4 is 39.5 Å². The number of phosphoric ester groups is 2. The van der Waals surface area contributed by atoms with Gasteiger partial charge in [-0.15, -0.1) is 0 Å². The van der Waals surface area contributed by atoms with E-state index in [-0.39, 0.29) is 25.7 Å². The van der Waals surface area contributed by atoms with Gasteiger partial charge >= 0.3 is 39.5 Å². The Morgan fingerprint density at radius 3 is 0.776 bits per heavy atom. The van der Waals surface area contributed by atoms with Gasteiger partial charge in [-0.2, -0.15) is 0 Å². The smallest absolute Gasteiger partial charge is 0.462 e. The van der Waals surface area contributed by atoms with Crippen molar-refractivity contribution in [2.45, 2.75) is 426 Å². The highest BCUT2D eigenvalue weighted by Gasteiger charge is 2.30. The first-order valence-corrected chi connectivity index (χ1v) is 43.9. The van der Waals surface area contributed by atoms with E-state index >= 15 is 0 Å². The Balaban J connectivity index is 5.16. The fraction of sp³-hybridized carbons (Fsp3) is 0.949. The molecule has 0 amide bonds. The Bertz CT molecular complexity index is 1910. The van der Waals surface area contributed by atoms with Crippen LogP contribution in [0.2, 0.25) is 0 Å². The van der Waals surface area contributed by atoms with E-state index in [1.54, 1.807) is 0 Å². The molecule has 0 aliphatic heterocycles. The van der Waals surface area contributed by atoms with Gasteiger partial charge in [-0.3, -0.25) is 37.3 Å². The zero-order chi connectivity index (χ0) is 72.3. The van der Waals surface area contributed by atoms with Crippen molar-refractivity contribution in [3.8, 4) is 0 Å². The molecule has 0 aliphatic carbocycles. The number of aliphatic hydroxyl groups is 1. The van der Waals surface area contributed by atoms with Crippen molar-refractivity contribution in [3.05, 3.63) is 0 Å². The number of carbonyl (C=O) groups excluding carboxylic acids is 4. The molecule has 0 rings (SSSR count). The van der Waals surface area contributed by atoms with Crippen LogP contribution in [0.4, 0.5) is 0 Å². The number of hydrogen-bond donors (Lipinski definition) is 3. The number of aliphatic hydroxyl groups excluding tert-OH is 1. The Labute approximate surface area is 600 Å². The second kappa shape index (κ2) is 69.4. The van der Waals surface area contributed by atoms with Crippen LogP contribution in [0.25, 0.3) is 0 Å². The summed E-state index contributed by atoms with van der Waals surface area (Å²) < 4.78 is 68.5. The van der Waals surface area contributed by atoms with Gasteiger partial charge in [-0.25, -0.2) is 9.13 Å². The first-order valence-electron chi connectivity index (χ1n) is 40.9. The van der Waals surface area contributed by atoms with Crippen LogP contribution in [-0.2, 0) is 65.4 Å². The summed E-state index contributed by atoms with van der Waals surface area (Å²) in [6.07, 6.45) is 57.1. The SMILES string of the molecule is CCCCCCCCCC(=O)OC[C@H](COP(=O)(O)OC[C@H](O)COP(=O)(O)OC[C@@H](COC(=O)CCCCCCCCCCCCCCCCC(C)C)OC(=O)CCCCCCCCCCCCCCCCCCCCC(C)CC)OC(=O)CCCCCCCCCCCC(C)C. The Hall–Kier alpha value is -1.94. The van der Waals surface area contributed by atoms with Gasteiger partial charge in [-0.05, 0) is 43.4 Å². The first-order chi connectivity index (χ1) is 47.3. The molecule has 0 saturated carbocycles. The molecule has 0 aromatic heterocycles. The molecule has 0 bridgehead atoms. The maximum absolute atomic E-state index is 13.1. The molecule has 3 N–H and O–H groups in total. The summed E-state index contributed by atoms with van der Waals surface area (Å²) in [6.45, 7) is 11.9. The predicted octanol–water partition coefficient (Wildman–Crippen LogP) is 23.4. The van der Waals surface area contributed by atoms with Gasteiger partial charge in [0.15, 0.2) is 12.2 Å². The highest BCUT2D eigenvalue weighted by atomic mass is 31.2. The van der Waals surface area contributed by atoms with Gasteiger partial charge in [0, 0.05) is 25.7 Å². The second-order valence-electron chi connectivity index (χ2n) is 29.6. The van der Waals surface area contributed by atoms with Crippen molar-refractivity contribution in [3.63, 3.8) is 0 Å². The lowest BCUT2D eigenvalue weighted by Crippen LogP contribution is -2.30. The Morgan fingerprint density at radius 2 is 0.520 bits per heavy atom. The van der Waals surface area contributed by atoms with Gasteiger partial charge in [0.1, 0.15) is 19.3 Å². The Morgan fingerprint density at radius 1 is 0.296 bits per heavy atom. The van der Waals surface area contributed by atoms with Crippen LogP contribution in [0, 0.1) is 17.8 Å². The van der Waals surface area contributed by atoms with Gasteiger partial charge in [-0.1, -0.05) is 357 Å². The molecule has 3 unspecified atom stereocenters. The average Bonchev–Trinajstić information content (AvgIpc) is 0.951. The van der Waals surface area contributed by atoms with Crippen LogP contribution in [0.15, 0.2) is 0 Å². The largest absolute Gasteiger partial charge is 0.472 e. The summed E-state index contributed by atoms with van der Waals surface area (Å²) in [5.41, 5.74) is 0. The number of esters is 4. The van der Waals surface area contributed by atoms with Crippen molar-refractivity contribution in [2.75, 3.05) is 39.6 Å². The summed E-state index contributed by atoms with van der Waals surface area (Å²) in [5, 5.41) is 10.6. The van der Waals surface area contributed by atoms with Crippen LogP contribution in [0.3, 0.4) is 0 Å². The standard InChI is InChI=1S/C79H154O17P2/c1-8-10-11-12-36-46-53-60-76(81)89-66-74(95-79(84)63-56-49-42-35-29-31-38-44-51-58-71(5)6)68-93-97(85,86)91-64-73(80)65-92-98(87,88)94-69-75(67-90-77(82)61-54-47-40-33-27-23-20-19-21-25-30-37-43-50-57-70(3)4)96-78(83)62-55-48-41-34-28-24-18-16-14-13-15-17-22-26-32-39-45-52-59-72(7)9-2/h70-75,80H,8-69H2,1-7H3,(H,85,86)(H,87,88)/t72?,73-,74+,75+/m0/s1. The highest BCUT2D eigenvalue weighted by Crippen LogP contribution is 2.45. The van der Waals surface area contributed by atoms with E-state index in [0.29, 0.717) is 25.7 Å². The molecule has 98 heavy (non-hydrogen) atoms. The third kappa shape index (κ3) is 71.1. The summed E-state index contributed by atoms with van der Waals surface area (Å²) in [4.78, 5) is 72.7. The molecular weight excluding hydrogens is 1280 g/mol. The molecule has 582 valence electrons. The number of hydrogen-bond acceptors (Lipinski definition) is 15. The van der Waals surface area contributed by atoms with E-state index in [1.807, 2.05) is 0 Å². The van der Waals surface area contributed by atoms with Crippen molar-refractivity contribution in [2.24, 2.45) is 17.8 Å². The molecule has 0 radical (unpaired) electrons. The van der Waals surface area contributed by atoms with Crippen LogP contribution < -0.4 is 0 Å². The van der Waals surface area contributed by atoms with Gasteiger partial charge in [0.25, 0.3) is 0 Å². The van der Waals surface area contributed by atoms with E-state index in [0.717, 1.165) is 120 Å². The molecule has 17 nitrogen and oxygen atoms in total. The fourth-order valence-corrected chi connectivity index (χ4v) is 13.7. The van der Waals surface area contributed by atoms with Crippen LogP contribution >= 0.6 is 15.6 Å². The quantitative estimate of drug-likeness (QED) is 0.0222. The fourth-order valence-electron chi connectivity index (χ4n) is 12.1. The minimum atomic E-state index is -4.96.